The van der Waals surface area contributed by atoms with Gasteiger partial charge in [-0.25, -0.2) is 4.98 Å². The molecule has 2 heterocycles. The van der Waals surface area contributed by atoms with Gasteiger partial charge in [-0.3, -0.25) is 14.4 Å². The van der Waals surface area contributed by atoms with Crippen LogP contribution in [0.4, 0.5) is 8.78 Å². The number of nitrogens with zero attached hydrogens (tertiary/aromatic N) is 2. The number of nitrogens with one attached hydrogen (secondary N) is 2. The maximum absolute atomic E-state index is 14.8. The van der Waals surface area contributed by atoms with Crippen molar-refractivity contribution in [1.82, 2.24) is 20.5 Å². The summed E-state index contributed by atoms with van der Waals surface area (Å²) >= 11 is 4.74. The number of alkyl halides is 2. The summed E-state index contributed by atoms with van der Waals surface area (Å²) in [5, 5.41) is 15.5. The molecule has 1 saturated heterocycles. The number of thiazole rings is 1. The number of hydrogen-bond acceptors (Lipinski definition) is 7. The summed E-state index contributed by atoms with van der Waals surface area (Å²) in [5.41, 5.74) is 3.52. The molecule has 3 amide bonds. The first kappa shape index (κ1) is 33.5. The summed E-state index contributed by atoms with van der Waals surface area (Å²) in [6, 6.07) is 10.2. The highest BCUT2D eigenvalue weighted by Crippen LogP contribution is 2.30. The second-order valence-electron chi connectivity index (χ2n) is 11.9. The number of aromatic nitrogens is 1. The minimum atomic E-state index is -4.29. The largest absolute Gasteiger partial charge is 0.482 e. The van der Waals surface area contributed by atoms with Gasteiger partial charge in [0, 0.05) is 17.4 Å². The molecule has 236 valence electrons. The lowest BCUT2D eigenvalue weighted by atomic mass is 9.85. The summed E-state index contributed by atoms with van der Waals surface area (Å²) in [6.45, 7) is 8.35. The number of halogens is 3. The number of likely N-dealkylation sites (tertiary alicyclic amines) is 1. The van der Waals surface area contributed by atoms with Gasteiger partial charge < -0.3 is 25.4 Å². The van der Waals surface area contributed by atoms with Gasteiger partial charge in [-0.05, 0) is 54.7 Å². The van der Waals surface area contributed by atoms with E-state index in [1.54, 1.807) is 33.2 Å². The lowest BCUT2D eigenvalue weighted by molar-refractivity contribution is -0.194. The van der Waals surface area contributed by atoms with E-state index in [4.69, 9.17) is 0 Å². The molecular weight excluding hydrogens is 658 g/mol. The third kappa shape index (κ3) is 7.80. The van der Waals surface area contributed by atoms with Gasteiger partial charge in [-0.1, -0.05) is 61.0 Å². The summed E-state index contributed by atoms with van der Waals surface area (Å²) in [5.74, 6) is -3.32. The number of ether oxygens (including phenoxy) is 1. The van der Waals surface area contributed by atoms with Gasteiger partial charge in [0.05, 0.1) is 28.2 Å². The number of carbonyl (C=O) groups excluding carboxylic acids is 3. The normalized spacial score (nSPS) is 18.4. The van der Waals surface area contributed by atoms with Crippen molar-refractivity contribution in [3.05, 3.63) is 69.8 Å². The van der Waals surface area contributed by atoms with Crippen molar-refractivity contribution in [1.29, 1.82) is 0 Å². The van der Waals surface area contributed by atoms with Crippen molar-refractivity contribution in [2.75, 3.05) is 6.54 Å². The SMILES string of the molecule is Cc1ncsc1-c1ccc(C(C)NC(=O)[C@@H]2C[C@@H](O)CN2C(=O)C(NC(=O)C(F)(F)Oc2ccc(Br)cc2)C(C)(C)C)cc1. The predicted octanol–water partition coefficient (Wildman–Crippen LogP) is 5.22. The molecule has 0 bridgehead atoms. The van der Waals surface area contributed by atoms with Crippen molar-refractivity contribution in [3.63, 3.8) is 0 Å². The van der Waals surface area contributed by atoms with Gasteiger partial charge in [-0.15, -0.1) is 11.3 Å². The molecule has 1 fully saturated rings. The summed E-state index contributed by atoms with van der Waals surface area (Å²) in [6.07, 6.45) is -5.34. The van der Waals surface area contributed by atoms with E-state index in [-0.39, 0.29) is 18.7 Å². The topological polar surface area (TPSA) is 121 Å². The fraction of sp³-hybridized carbons (Fsp3) is 0.419. The van der Waals surface area contributed by atoms with Gasteiger partial charge >= 0.3 is 12.0 Å². The van der Waals surface area contributed by atoms with E-state index < -0.39 is 53.5 Å². The lowest BCUT2D eigenvalue weighted by Gasteiger charge is -2.36. The third-order valence-electron chi connectivity index (χ3n) is 7.35. The highest BCUT2D eigenvalue weighted by Gasteiger charge is 2.49. The molecule has 3 N–H and O–H groups in total. The maximum Gasteiger partial charge on any atom is 0.482 e. The van der Waals surface area contributed by atoms with Crippen molar-refractivity contribution in [2.24, 2.45) is 5.41 Å². The molecule has 1 aliphatic rings. The Bertz CT molecular complexity index is 1490. The molecule has 0 saturated carbocycles. The number of hydrogen-bond donors (Lipinski definition) is 3. The fourth-order valence-electron chi connectivity index (χ4n) is 4.93. The van der Waals surface area contributed by atoms with Crippen molar-refractivity contribution >= 4 is 45.0 Å². The zero-order valence-corrected chi connectivity index (χ0v) is 27.3. The number of aliphatic hydroxyl groups is 1. The summed E-state index contributed by atoms with van der Waals surface area (Å²) in [7, 11) is 0. The number of amides is 3. The van der Waals surface area contributed by atoms with Crippen LogP contribution in [0.5, 0.6) is 5.75 Å². The van der Waals surface area contributed by atoms with Crippen LogP contribution in [0.1, 0.15) is 51.4 Å². The van der Waals surface area contributed by atoms with Crippen molar-refractivity contribution < 1.29 is 33.0 Å². The Labute approximate surface area is 267 Å². The summed E-state index contributed by atoms with van der Waals surface area (Å²) < 4.78 is 34.9. The molecule has 44 heavy (non-hydrogen) atoms. The zero-order valence-electron chi connectivity index (χ0n) is 24.9. The molecule has 4 rings (SSSR count). The molecule has 0 spiro atoms. The molecule has 13 heteroatoms. The Morgan fingerprint density at radius 1 is 1.09 bits per heavy atom. The highest BCUT2D eigenvalue weighted by molar-refractivity contribution is 9.10. The Hall–Kier alpha value is -3.42. The molecule has 1 aromatic heterocycles. The summed E-state index contributed by atoms with van der Waals surface area (Å²) in [4.78, 5) is 46.4. The minimum absolute atomic E-state index is 0.0401. The van der Waals surface area contributed by atoms with E-state index in [9.17, 15) is 28.3 Å². The Morgan fingerprint density at radius 2 is 1.73 bits per heavy atom. The van der Waals surface area contributed by atoms with Crippen LogP contribution in [0.2, 0.25) is 0 Å². The molecule has 2 unspecified atom stereocenters. The van der Waals surface area contributed by atoms with E-state index in [2.05, 4.69) is 36.3 Å². The average molecular weight is 694 g/mol. The van der Waals surface area contributed by atoms with E-state index in [0.29, 0.717) is 4.47 Å². The van der Waals surface area contributed by atoms with E-state index >= 15 is 0 Å². The third-order valence-corrected chi connectivity index (χ3v) is 8.86. The lowest BCUT2D eigenvalue weighted by Crippen LogP contribution is -2.60. The van der Waals surface area contributed by atoms with Gasteiger partial charge in [0.1, 0.15) is 17.8 Å². The number of aryl methyl sites for hydroxylation is 1. The Kier molecular flexibility index (Phi) is 10.1. The molecule has 0 radical (unpaired) electrons. The van der Waals surface area contributed by atoms with Crippen LogP contribution in [-0.4, -0.2) is 63.6 Å². The van der Waals surface area contributed by atoms with E-state index in [0.717, 1.165) is 26.6 Å². The van der Waals surface area contributed by atoms with E-state index in [1.807, 2.05) is 31.2 Å². The van der Waals surface area contributed by atoms with Gasteiger partial charge in [0.15, 0.2) is 0 Å². The van der Waals surface area contributed by atoms with Crippen molar-refractivity contribution in [2.45, 2.75) is 71.4 Å². The number of aliphatic hydroxyl groups excluding tert-OH is 1. The van der Waals surface area contributed by atoms with Crippen LogP contribution in [-0.2, 0) is 14.4 Å². The van der Waals surface area contributed by atoms with Crippen LogP contribution in [0.3, 0.4) is 0 Å². The Balaban J connectivity index is 1.46. The number of β-amino-alcohol motifs (C(OH)–C–C–N with tert-alkyl or cyclic N) is 1. The second kappa shape index (κ2) is 13.3. The van der Waals surface area contributed by atoms with Crippen LogP contribution in [0.15, 0.2) is 58.5 Å². The fourth-order valence-corrected chi connectivity index (χ4v) is 6.00. The molecule has 2 aromatic carbocycles. The molecular formula is C31H35BrF2N4O5S. The number of benzene rings is 2. The first-order valence-electron chi connectivity index (χ1n) is 14.0. The number of rotatable bonds is 9. The van der Waals surface area contributed by atoms with Gasteiger partial charge in [0.25, 0.3) is 0 Å². The van der Waals surface area contributed by atoms with Crippen LogP contribution in [0, 0.1) is 12.3 Å². The van der Waals surface area contributed by atoms with Crippen LogP contribution >= 0.6 is 27.3 Å². The zero-order chi connectivity index (χ0) is 32.4. The van der Waals surface area contributed by atoms with Crippen molar-refractivity contribution in [3.8, 4) is 16.2 Å². The first-order chi connectivity index (χ1) is 20.6. The molecule has 4 atom stereocenters. The molecule has 9 nitrogen and oxygen atoms in total. The number of carbonyl (C=O) groups is 3. The van der Waals surface area contributed by atoms with Crippen LogP contribution in [0.25, 0.3) is 10.4 Å². The molecule has 3 aromatic rings. The van der Waals surface area contributed by atoms with Gasteiger partial charge in [-0.2, -0.15) is 8.78 Å². The Morgan fingerprint density at radius 3 is 2.30 bits per heavy atom. The highest BCUT2D eigenvalue weighted by atomic mass is 79.9. The monoisotopic (exact) mass is 692 g/mol. The maximum atomic E-state index is 14.8. The minimum Gasteiger partial charge on any atom is -0.425 e. The van der Waals surface area contributed by atoms with Crippen LogP contribution < -0.4 is 15.4 Å². The smallest absolute Gasteiger partial charge is 0.425 e. The second-order valence-corrected chi connectivity index (χ2v) is 13.6. The predicted molar refractivity (Wildman–Crippen MR) is 166 cm³/mol. The molecule has 0 aliphatic carbocycles. The average Bonchev–Trinajstić information content (AvgIpc) is 3.57. The first-order valence-corrected chi connectivity index (χ1v) is 15.7. The standard InChI is InChI=1S/C31H35BrF2N4O5S/c1-17(19-6-8-20(9-7-19)25-18(2)35-16-44-25)36-27(40)24-14-22(39)15-38(24)28(41)26(30(3,4)5)37-29(42)31(33,34)43-23-12-10-21(32)11-13-23/h6-13,16-17,22,24,26,39H,14-15H2,1-5H3,(H,36,40)(H,37,42)/t17?,22-,24+,26?/m1/s1. The quantitative estimate of drug-likeness (QED) is 0.283. The van der Waals surface area contributed by atoms with Gasteiger partial charge in [0.2, 0.25) is 11.8 Å². The molecule has 1 aliphatic heterocycles. The van der Waals surface area contributed by atoms with E-state index in [1.165, 1.54) is 35.6 Å².